The molecule has 1 aliphatic heterocycles. The van der Waals surface area contributed by atoms with E-state index in [1.54, 1.807) is 0 Å². The number of hydrogen-bond acceptors (Lipinski definition) is 4. The third-order valence-electron chi connectivity index (χ3n) is 2.97. The average Bonchev–Trinajstić information content (AvgIpc) is 2.33. The van der Waals surface area contributed by atoms with E-state index in [0.29, 0.717) is 26.2 Å². The molecule has 1 aromatic rings. The van der Waals surface area contributed by atoms with Crippen molar-refractivity contribution in [2.45, 2.75) is 19.1 Å². The van der Waals surface area contributed by atoms with Crippen LogP contribution in [0.25, 0.3) is 0 Å². The van der Waals surface area contributed by atoms with Gasteiger partial charge in [-0.2, -0.15) is 0 Å². The minimum atomic E-state index is -3.36. The number of benzene rings is 1. The van der Waals surface area contributed by atoms with Gasteiger partial charge in [-0.25, -0.2) is 13.6 Å². The number of primary sulfonamides is 1. The van der Waals surface area contributed by atoms with Gasteiger partial charge in [0.15, 0.2) is 0 Å². The van der Waals surface area contributed by atoms with Crippen LogP contribution in [0.3, 0.4) is 0 Å². The van der Waals surface area contributed by atoms with Crippen LogP contribution in [0.5, 0.6) is 0 Å². The summed E-state index contributed by atoms with van der Waals surface area (Å²) in [6.45, 7) is 1.87. The fourth-order valence-corrected chi connectivity index (χ4v) is 2.65. The first-order valence-corrected chi connectivity index (χ1v) is 7.67. The molecule has 6 heteroatoms. The first kappa shape index (κ1) is 13.5. The van der Waals surface area contributed by atoms with Crippen LogP contribution in [-0.4, -0.2) is 27.3 Å². The molecule has 0 radical (unpaired) electrons. The lowest BCUT2D eigenvalue weighted by Crippen LogP contribution is -2.31. The summed E-state index contributed by atoms with van der Waals surface area (Å²) in [5.41, 5.74) is 2.42. The number of hydrogen-bond donors (Lipinski definition) is 2. The van der Waals surface area contributed by atoms with Gasteiger partial charge in [-0.3, -0.25) is 0 Å². The van der Waals surface area contributed by atoms with Crippen molar-refractivity contribution in [2.75, 3.05) is 18.9 Å². The second kappa shape index (κ2) is 5.79. The van der Waals surface area contributed by atoms with Gasteiger partial charge >= 0.3 is 0 Å². The predicted octanol–water partition coefficient (Wildman–Crippen LogP) is 0.526. The second-order valence-electron chi connectivity index (χ2n) is 4.44. The molecule has 1 heterocycles. The molecule has 0 aromatic heterocycles. The Labute approximate surface area is 107 Å². The van der Waals surface area contributed by atoms with Gasteiger partial charge in [-0.15, -0.1) is 0 Å². The summed E-state index contributed by atoms with van der Waals surface area (Å²) in [4.78, 5) is 0. The Hall–Kier alpha value is -0.950. The number of ether oxygens (including phenoxy) is 1. The summed E-state index contributed by atoms with van der Waals surface area (Å²) in [7, 11) is -3.36. The van der Waals surface area contributed by atoms with Crippen molar-refractivity contribution in [3.8, 4) is 0 Å². The highest BCUT2D eigenvalue weighted by Gasteiger charge is 2.19. The van der Waals surface area contributed by atoms with Crippen LogP contribution in [0.1, 0.15) is 23.6 Å². The fraction of sp³-hybridized carbons (Fsp3) is 0.500. The van der Waals surface area contributed by atoms with E-state index in [1.165, 1.54) is 11.1 Å². The Balaban J connectivity index is 1.88. The maximum Gasteiger partial charge on any atom is 0.209 e. The molecular formula is C12H18N2O3S. The molecule has 0 amide bonds. The van der Waals surface area contributed by atoms with Crippen molar-refractivity contribution >= 4 is 10.0 Å². The molecule has 1 aliphatic rings. The Morgan fingerprint density at radius 1 is 1.39 bits per heavy atom. The van der Waals surface area contributed by atoms with Gasteiger partial charge in [0.1, 0.15) is 0 Å². The topological polar surface area (TPSA) is 81.4 Å². The zero-order chi connectivity index (χ0) is 13.0. The SMILES string of the molecule is NS(=O)(=O)CCCNC1COCc2ccccc21. The van der Waals surface area contributed by atoms with E-state index in [-0.39, 0.29) is 11.8 Å². The Morgan fingerprint density at radius 3 is 2.94 bits per heavy atom. The van der Waals surface area contributed by atoms with Crippen LogP contribution >= 0.6 is 0 Å². The molecule has 100 valence electrons. The lowest BCUT2D eigenvalue weighted by molar-refractivity contribution is 0.0823. The molecule has 0 spiro atoms. The Kier molecular flexibility index (Phi) is 4.34. The molecule has 1 atom stereocenters. The van der Waals surface area contributed by atoms with Crippen LogP contribution in [0.2, 0.25) is 0 Å². The van der Waals surface area contributed by atoms with E-state index in [0.717, 1.165) is 0 Å². The first-order chi connectivity index (χ1) is 8.56. The number of sulfonamides is 1. The maximum absolute atomic E-state index is 10.8. The van der Waals surface area contributed by atoms with Gasteiger partial charge < -0.3 is 10.1 Å². The smallest absolute Gasteiger partial charge is 0.209 e. The van der Waals surface area contributed by atoms with Crippen LogP contribution in [0.15, 0.2) is 24.3 Å². The third-order valence-corrected chi connectivity index (χ3v) is 3.83. The van der Waals surface area contributed by atoms with Crippen LogP contribution in [0, 0.1) is 0 Å². The predicted molar refractivity (Wildman–Crippen MR) is 69.4 cm³/mol. The lowest BCUT2D eigenvalue weighted by Gasteiger charge is -2.26. The zero-order valence-corrected chi connectivity index (χ0v) is 10.9. The van der Waals surface area contributed by atoms with Gasteiger partial charge in [0.25, 0.3) is 0 Å². The van der Waals surface area contributed by atoms with Crippen LogP contribution in [-0.2, 0) is 21.4 Å². The van der Waals surface area contributed by atoms with E-state index in [1.807, 2.05) is 18.2 Å². The molecule has 5 nitrogen and oxygen atoms in total. The van der Waals surface area contributed by atoms with Gasteiger partial charge in [0.05, 0.1) is 25.0 Å². The summed E-state index contributed by atoms with van der Waals surface area (Å²) in [6, 6.07) is 8.26. The monoisotopic (exact) mass is 270 g/mol. The number of fused-ring (bicyclic) bond motifs is 1. The molecular weight excluding hydrogens is 252 g/mol. The molecule has 0 bridgehead atoms. The highest BCUT2D eigenvalue weighted by atomic mass is 32.2. The van der Waals surface area contributed by atoms with E-state index < -0.39 is 10.0 Å². The van der Waals surface area contributed by atoms with Crippen molar-refractivity contribution in [1.82, 2.24) is 5.32 Å². The van der Waals surface area contributed by atoms with Crippen molar-refractivity contribution in [3.63, 3.8) is 0 Å². The van der Waals surface area contributed by atoms with Gasteiger partial charge in [-0.1, -0.05) is 24.3 Å². The molecule has 1 unspecified atom stereocenters. The number of nitrogens with two attached hydrogens (primary N) is 1. The fourth-order valence-electron chi connectivity index (χ4n) is 2.10. The number of nitrogens with one attached hydrogen (secondary N) is 1. The molecule has 18 heavy (non-hydrogen) atoms. The molecule has 1 aromatic carbocycles. The quantitative estimate of drug-likeness (QED) is 0.765. The zero-order valence-electron chi connectivity index (χ0n) is 10.1. The van der Waals surface area contributed by atoms with Crippen LogP contribution in [0.4, 0.5) is 0 Å². The van der Waals surface area contributed by atoms with Crippen LogP contribution < -0.4 is 10.5 Å². The van der Waals surface area contributed by atoms with Crippen molar-refractivity contribution in [2.24, 2.45) is 5.14 Å². The van der Waals surface area contributed by atoms with Crippen molar-refractivity contribution in [1.29, 1.82) is 0 Å². The van der Waals surface area contributed by atoms with E-state index in [2.05, 4.69) is 11.4 Å². The molecule has 0 saturated heterocycles. The summed E-state index contributed by atoms with van der Waals surface area (Å²) < 4.78 is 27.1. The average molecular weight is 270 g/mol. The van der Waals surface area contributed by atoms with Crippen molar-refractivity contribution in [3.05, 3.63) is 35.4 Å². The van der Waals surface area contributed by atoms with Gasteiger partial charge in [0.2, 0.25) is 10.0 Å². The maximum atomic E-state index is 10.8. The van der Waals surface area contributed by atoms with E-state index in [9.17, 15) is 8.42 Å². The molecule has 0 aliphatic carbocycles. The summed E-state index contributed by atoms with van der Waals surface area (Å²) in [5, 5.41) is 8.26. The molecule has 2 rings (SSSR count). The van der Waals surface area contributed by atoms with Gasteiger partial charge in [0, 0.05) is 0 Å². The largest absolute Gasteiger partial charge is 0.375 e. The lowest BCUT2D eigenvalue weighted by atomic mass is 9.99. The molecule has 3 N–H and O–H groups in total. The van der Waals surface area contributed by atoms with E-state index in [4.69, 9.17) is 9.88 Å². The minimum absolute atomic E-state index is 0.00915. The number of rotatable bonds is 5. The molecule has 0 fully saturated rings. The van der Waals surface area contributed by atoms with Crippen molar-refractivity contribution < 1.29 is 13.2 Å². The second-order valence-corrected chi connectivity index (χ2v) is 6.18. The highest BCUT2D eigenvalue weighted by Crippen LogP contribution is 2.24. The Bertz CT molecular complexity index is 502. The standard InChI is InChI=1S/C12H18N2O3S/c13-18(15,16)7-3-6-14-12-9-17-8-10-4-1-2-5-11(10)12/h1-2,4-5,12,14H,3,6-9H2,(H2,13,15,16). The van der Waals surface area contributed by atoms with Gasteiger partial charge in [-0.05, 0) is 24.1 Å². The first-order valence-electron chi connectivity index (χ1n) is 5.96. The third kappa shape index (κ3) is 3.78. The summed E-state index contributed by atoms with van der Waals surface area (Å²) in [6.07, 6.45) is 0.511. The highest BCUT2D eigenvalue weighted by molar-refractivity contribution is 7.89. The summed E-state index contributed by atoms with van der Waals surface area (Å²) in [5.74, 6) is 0.00915. The minimum Gasteiger partial charge on any atom is -0.375 e. The normalized spacial score (nSPS) is 19.5. The Morgan fingerprint density at radius 2 is 2.17 bits per heavy atom. The van der Waals surface area contributed by atoms with E-state index >= 15 is 0 Å². The molecule has 0 saturated carbocycles. The summed E-state index contributed by atoms with van der Waals surface area (Å²) >= 11 is 0.